The first-order chi connectivity index (χ1) is 19.2. The molecule has 0 saturated heterocycles. The number of esters is 1. The van der Waals surface area contributed by atoms with E-state index in [1.54, 1.807) is 0 Å². The van der Waals surface area contributed by atoms with E-state index in [-0.39, 0.29) is 12.1 Å². The molecule has 0 aliphatic rings. The highest BCUT2D eigenvalue weighted by atomic mass is 16.5. The van der Waals surface area contributed by atoms with Crippen molar-refractivity contribution in [1.82, 2.24) is 0 Å². The molecule has 3 heteroatoms. The van der Waals surface area contributed by atoms with Crippen LogP contribution in [-0.4, -0.2) is 23.8 Å². The van der Waals surface area contributed by atoms with Crippen LogP contribution in [0.3, 0.4) is 0 Å². The summed E-state index contributed by atoms with van der Waals surface area (Å²) in [6, 6.07) is 0. The average molecular weight is 553 g/mol. The van der Waals surface area contributed by atoms with Gasteiger partial charge in [-0.15, -0.1) is 0 Å². The topological polar surface area (TPSA) is 46.5 Å². The highest BCUT2D eigenvalue weighted by molar-refractivity contribution is 5.69. The predicted octanol–water partition coefficient (Wildman–Crippen LogP) is 12.0. The summed E-state index contributed by atoms with van der Waals surface area (Å²) in [4.78, 5) is 11.9. The first-order valence-corrected chi connectivity index (χ1v) is 18.0. The molecule has 0 aliphatic carbocycles. The summed E-state index contributed by atoms with van der Waals surface area (Å²) in [6.07, 6.45) is 39.2. The fourth-order valence-corrected chi connectivity index (χ4v) is 5.56. The number of carbonyl (C=O) groups excluding carboxylic acids is 1. The zero-order valence-electron chi connectivity index (χ0n) is 27.0. The van der Waals surface area contributed by atoms with Crippen LogP contribution in [-0.2, 0) is 9.53 Å². The lowest BCUT2D eigenvalue weighted by atomic mass is 10.0. The number of aliphatic hydroxyl groups excluding tert-OH is 1. The molecule has 0 saturated carbocycles. The largest absolute Gasteiger partial charge is 0.466 e. The van der Waals surface area contributed by atoms with Crippen LogP contribution in [0.2, 0.25) is 0 Å². The Balaban J connectivity index is 3.18. The minimum absolute atomic E-state index is 0.00997. The van der Waals surface area contributed by atoms with Crippen molar-refractivity contribution < 1.29 is 14.6 Å². The van der Waals surface area contributed by atoms with E-state index < -0.39 is 0 Å². The van der Waals surface area contributed by atoms with E-state index in [0.29, 0.717) is 13.0 Å². The number of unbranched alkanes of at least 4 members (excludes halogenated alkanes) is 25. The molecule has 0 bridgehead atoms. The Morgan fingerprint density at radius 1 is 0.462 bits per heavy atom. The standard InChI is InChI=1S/C36H72O3/c1-3-5-7-8-9-10-11-12-13-14-15-18-21-24-27-30-34-39-36(38)33-29-26-23-20-17-16-19-22-25-28-32-35(37)31-6-4-2/h35,37H,3-34H2,1-2H3. The molecule has 3 nitrogen and oxygen atoms in total. The van der Waals surface area contributed by atoms with Gasteiger partial charge >= 0.3 is 5.97 Å². The molecule has 0 rings (SSSR count). The molecule has 1 N–H and O–H groups in total. The fourth-order valence-electron chi connectivity index (χ4n) is 5.56. The molecular formula is C36H72O3. The van der Waals surface area contributed by atoms with Gasteiger partial charge in [0.25, 0.3) is 0 Å². The Bertz CT molecular complexity index is 464. The number of carbonyl (C=O) groups is 1. The summed E-state index contributed by atoms with van der Waals surface area (Å²) in [5, 5.41) is 9.87. The summed E-state index contributed by atoms with van der Waals surface area (Å²) in [6.45, 7) is 5.09. The number of rotatable bonds is 33. The Morgan fingerprint density at radius 3 is 1.23 bits per heavy atom. The Morgan fingerprint density at radius 2 is 0.795 bits per heavy atom. The maximum absolute atomic E-state index is 11.9. The molecule has 0 heterocycles. The first-order valence-electron chi connectivity index (χ1n) is 18.0. The summed E-state index contributed by atoms with van der Waals surface area (Å²) in [7, 11) is 0. The van der Waals surface area contributed by atoms with Gasteiger partial charge in [0.1, 0.15) is 0 Å². The normalized spacial score (nSPS) is 12.2. The van der Waals surface area contributed by atoms with Crippen molar-refractivity contribution in [2.24, 2.45) is 0 Å². The van der Waals surface area contributed by atoms with Crippen molar-refractivity contribution in [2.75, 3.05) is 6.61 Å². The van der Waals surface area contributed by atoms with E-state index in [0.717, 1.165) is 38.5 Å². The molecule has 0 spiro atoms. The van der Waals surface area contributed by atoms with E-state index in [2.05, 4.69) is 13.8 Å². The lowest BCUT2D eigenvalue weighted by Crippen LogP contribution is -2.05. The number of ether oxygens (including phenoxy) is 1. The molecule has 39 heavy (non-hydrogen) atoms. The number of hydrogen-bond donors (Lipinski definition) is 1. The second kappa shape index (κ2) is 33.6. The SMILES string of the molecule is CCCCCCCCCCCCCCCCCCOC(=O)CCCCCCCCCCCCC(O)CCCC. The van der Waals surface area contributed by atoms with E-state index in [4.69, 9.17) is 4.74 Å². The molecule has 0 aromatic carbocycles. The van der Waals surface area contributed by atoms with Crippen molar-refractivity contribution in [2.45, 2.75) is 219 Å². The second-order valence-electron chi connectivity index (χ2n) is 12.4. The zero-order valence-corrected chi connectivity index (χ0v) is 27.0. The van der Waals surface area contributed by atoms with Crippen LogP contribution in [0.4, 0.5) is 0 Å². The second-order valence-corrected chi connectivity index (χ2v) is 12.4. The van der Waals surface area contributed by atoms with E-state index in [1.807, 2.05) is 0 Å². The highest BCUT2D eigenvalue weighted by Gasteiger charge is 2.04. The molecule has 0 amide bonds. The minimum atomic E-state index is -0.0685. The molecule has 0 radical (unpaired) electrons. The Kier molecular flexibility index (Phi) is 33.1. The van der Waals surface area contributed by atoms with Gasteiger partial charge in [0.05, 0.1) is 12.7 Å². The van der Waals surface area contributed by atoms with E-state index in [9.17, 15) is 9.90 Å². The van der Waals surface area contributed by atoms with Gasteiger partial charge in [0.15, 0.2) is 0 Å². The lowest BCUT2D eigenvalue weighted by molar-refractivity contribution is -0.143. The maximum Gasteiger partial charge on any atom is 0.305 e. The van der Waals surface area contributed by atoms with Gasteiger partial charge in [0.2, 0.25) is 0 Å². The minimum Gasteiger partial charge on any atom is -0.466 e. The van der Waals surface area contributed by atoms with Gasteiger partial charge in [-0.25, -0.2) is 0 Å². The van der Waals surface area contributed by atoms with Crippen molar-refractivity contribution in [3.63, 3.8) is 0 Å². The van der Waals surface area contributed by atoms with Gasteiger partial charge in [-0.05, 0) is 25.7 Å². The third-order valence-corrected chi connectivity index (χ3v) is 8.32. The molecule has 0 aromatic rings. The average Bonchev–Trinajstić information content (AvgIpc) is 2.94. The molecule has 234 valence electrons. The summed E-state index contributed by atoms with van der Waals surface area (Å²) in [5.74, 6) is 0.00997. The summed E-state index contributed by atoms with van der Waals surface area (Å²) < 4.78 is 5.43. The third-order valence-electron chi connectivity index (χ3n) is 8.32. The van der Waals surface area contributed by atoms with Gasteiger partial charge in [-0.2, -0.15) is 0 Å². The number of hydrogen-bond acceptors (Lipinski definition) is 3. The third kappa shape index (κ3) is 33.5. The smallest absolute Gasteiger partial charge is 0.305 e. The molecule has 0 aromatic heterocycles. The quantitative estimate of drug-likeness (QED) is 0.0650. The van der Waals surface area contributed by atoms with Crippen molar-refractivity contribution in [3.05, 3.63) is 0 Å². The van der Waals surface area contributed by atoms with Crippen LogP contribution in [0.5, 0.6) is 0 Å². The molecule has 1 unspecified atom stereocenters. The van der Waals surface area contributed by atoms with Crippen LogP contribution < -0.4 is 0 Å². The monoisotopic (exact) mass is 553 g/mol. The van der Waals surface area contributed by atoms with Crippen LogP contribution in [0.25, 0.3) is 0 Å². The molecule has 1 atom stereocenters. The summed E-state index contributed by atoms with van der Waals surface area (Å²) >= 11 is 0. The predicted molar refractivity (Wildman–Crippen MR) is 171 cm³/mol. The van der Waals surface area contributed by atoms with Crippen LogP contribution in [0, 0.1) is 0 Å². The maximum atomic E-state index is 11.9. The van der Waals surface area contributed by atoms with Gasteiger partial charge in [-0.1, -0.05) is 181 Å². The Hall–Kier alpha value is -0.570. The zero-order chi connectivity index (χ0) is 28.5. The van der Waals surface area contributed by atoms with Gasteiger partial charge < -0.3 is 9.84 Å². The van der Waals surface area contributed by atoms with Crippen LogP contribution >= 0.6 is 0 Å². The number of aliphatic hydroxyl groups is 1. The van der Waals surface area contributed by atoms with Gasteiger partial charge in [0, 0.05) is 6.42 Å². The van der Waals surface area contributed by atoms with E-state index in [1.165, 1.54) is 154 Å². The molecule has 0 aliphatic heterocycles. The highest BCUT2D eigenvalue weighted by Crippen LogP contribution is 2.15. The first kappa shape index (κ1) is 38.4. The molecular weight excluding hydrogens is 480 g/mol. The van der Waals surface area contributed by atoms with Crippen molar-refractivity contribution in [3.8, 4) is 0 Å². The summed E-state index contributed by atoms with van der Waals surface area (Å²) in [5.41, 5.74) is 0. The lowest BCUT2D eigenvalue weighted by Gasteiger charge is -2.09. The van der Waals surface area contributed by atoms with Gasteiger partial charge in [-0.3, -0.25) is 4.79 Å². The van der Waals surface area contributed by atoms with Crippen molar-refractivity contribution in [1.29, 1.82) is 0 Å². The Labute approximate surface area is 246 Å². The van der Waals surface area contributed by atoms with E-state index >= 15 is 0 Å². The van der Waals surface area contributed by atoms with Crippen LogP contribution in [0.1, 0.15) is 213 Å². The fraction of sp³-hybridized carbons (Fsp3) is 0.972. The van der Waals surface area contributed by atoms with Crippen molar-refractivity contribution >= 4 is 5.97 Å². The van der Waals surface area contributed by atoms with Crippen LogP contribution in [0.15, 0.2) is 0 Å². The molecule has 0 fully saturated rings.